The van der Waals surface area contributed by atoms with Crippen molar-refractivity contribution in [2.24, 2.45) is 5.92 Å². The molecule has 2 aromatic carbocycles. The van der Waals surface area contributed by atoms with E-state index in [0.717, 1.165) is 16.9 Å². The van der Waals surface area contributed by atoms with Gasteiger partial charge in [-0.15, -0.1) is 11.8 Å². The Hall–Kier alpha value is -1.78. The summed E-state index contributed by atoms with van der Waals surface area (Å²) in [6, 6.07) is 17.7. The minimum absolute atomic E-state index is 0.00539. The maximum atomic E-state index is 12.4. The molecule has 4 heteroatoms. The molecule has 0 aliphatic heterocycles. The molecule has 3 rings (SSSR count). The Balaban J connectivity index is 1.58. The lowest BCUT2D eigenvalue weighted by Gasteiger charge is -2.20. The van der Waals surface area contributed by atoms with Crippen LogP contribution in [0.1, 0.15) is 24.1 Å². The number of carbonyl (C=O) groups excluding carboxylic acids is 1. The van der Waals surface area contributed by atoms with Crippen molar-refractivity contribution in [3.8, 4) is 0 Å². The zero-order valence-electron chi connectivity index (χ0n) is 13.1. The highest BCUT2D eigenvalue weighted by Crippen LogP contribution is 2.31. The van der Waals surface area contributed by atoms with Gasteiger partial charge in [-0.1, -0.05) is 49.4 Å². The predicted octanol–water partition coefficient (Wildman–Crippen LogP) is 3.19. The van der Waals surface area contributed by atoms with Gasteiger partial charge in [-0.05, 0) is 23.3 Å². The normalized spacial score (nSPS) is 20.8. The summed E-state index contributed by atoms with van der Waals surface area (Å²) in [4.78, 5) is 13.6. The van der Waals surface area contributed by atoms with Crippen molar-refractivity contribution in [3.05, 3.63) is 65.7 Å². The molecule has 0 aromatic heterocycles. The van der Waals surface area contributed by atoms with Crippen LogP contribution in [0.15, 0.2) is 59.5 Å². The van der Waals surface area contributed by atoms with Gasteiger partial charge in [-0.2, -0.15) is 0 Å². The number of hydrogen-bond acceptors (Lipinski definition) is 3. The van der Waals surface area contributed by atoms with Gasteiger partial charge in [0.1, 0.15) is 0 Å². The Labute approximate surface area is 141 Å². The lowest BCUT2D eigenvalue weighted by atomic mass is 10.1. The van der Waals surface area contributed by atoms with Crippen LogP contribution in [0.4, 0.5) is 0 Å². The van der Waals surface area contributed by atoms with E-state index in [1.807, 2.05) is 61.5 Å². The fraction of sp³-hybridized carbons (Fsp3) is 0.316. The molecule has 1 aliphatic carbocycles. The van der Waals surface area contributed by atoms with Gasteiger partial charge < -0.3 is 10.4 Å². The number of thioether (sulfide) groups is 1. The zero-order chi connectivity index (χ0) is 16.2. The first-order valence-electron chi connectivity index (χ1n) is 7.89. The molecule has 3 nitrogen and oxygen atoms in total. The number of carbonyl (C=O) groups is 1. The third kappa shape index (κ3) is 3.77. The molecule has 120 valence electrons. The average molecular weight is 327 g/mol. The number of hydrogen-bond donors (Lipinski definition) is 2. The number of amides is 1. The first-order chi connectivity index (χ1) is 11.1. The van der Waals surface area contributed by atoms with Crippen LogP contribution in [0.3, 0.4) is 0 Å². The number of rotatable bonds is 5. The van der Waals surface area contributed by atoms with Gasteiger partial charge in [0.15, 0.2) is 0 Å². The summed E-state index contributed by atoms with van der Waals surface area (Å²) < 4.78 is 0. The minimum Gasteiger partial charge on any atom is -0.390 e. The summed E-state index contributed by atoms with van der Waals surface area (Å²) >= 11 is 1.68. The number of aliphatic hydroxyl groups is 1. The Morgan fingerprint density at radius 3 is 2.70 bits per heavy atom. The SMILES string of the molecule is CC(CSc1ccccc1)C(=O)NC1c2ccccc2CC1O. The largest absolute Gasteiger partial charge is 0.390 e. The number of benzene rings is 2. The van der Waals surface area contributed by atoms with E-state index >= 15 is 0 Å². The molecule has 0 bridgehead atoms. The summed E-state index contributed by atoms with van der Waals surface area (Å²) in [7, 11) is 0. The lowest BCUT2D eigenvalue weighted by molar-refractivity contribution is -0.125. The van der Waals surface area contributed by atoms with Crippen molar-refractivity contribution in [1.29, 1.82) is 0 Å². The van der Waals surface area contributed by atoms with Gasteiger partial charge in [-0.25, -0.2) is 0 Å². The molecule has 1 aliphatic rings. The molecule has 2 aromatic rings. The van der Waals surface area contributed by atoms with Crippen LogP contribution in [0, 0.1) is 5.92 Å². The van der Waals surface area contributed by atoms with Gasteiger partial charge >= 0.3 is 0 Å². The van der Waals surface area contributed by atoms with Crippen molar-refractivity contribution in [1.82, 2.24) is 5.32 Å². The highest BCUT2D eigenvalue weighted by molar-refractivity contribution is 7.99. The summed E-state index contributed by atoms with van der Waals surface area (Å²) in [5.74, 6) is 0.606. The fourth-order valence-corrected chi connectivity index (χ4v) is 3.80. The molecule has 3 atom stereocenters. The van der Waals surface area contributed by atoms with Crippen LogP contribution in [-0.4, -0.2) is 22.9 Å². The molecule has 0 fully saturated rings. The smallest absolute Gasteiger partial charge is 0.224 e. The standard InChI is InChI=1S/C19H21NO2S/c1-13(12-23-15-8-3-2-4-9-15)19(22)20-18-16-10-6-5-7-14(16)11-17(18)21/h2-10,13,17-18,21H,11-12H2,1H3,(H,20,22). The van der Waals surface area contributed by atoms with Crippen molar-refractivity contribution in [2.75, 3.05) is 5.75 Å². The van der Waals surface area contributed by atoms with Gasteiger partial charge in [0.25, 0.3) is 0 Å². The van der Waals surface area contributed by atoms with Crippen LogP contribution >= 0.6 is 11.8 Å². The molecular formula is C19H21NO2S. The van der Waals surface area contributed by atoms with Crippen LogP contribution in [-0.2, 0) is 11.2 Å². The second-order valence-electron chi connectivity index (χ2n) is 5.98. The third-order valence-corrected chi connectivity index (χ3v) is 5.46. The Morgan fingerprint density at radius 2 is 1.91 bits per heavy atom. The van der Waals surface area contributed by atoms with Crippen LogP contribution in [0.5, 0.6) is 0 Å². The van der Waals surface area contributed by atoms with E-state index < -0.39 is 6.10 Å². The molecule has 0 saturated heterocycles. The summed E-state index contributed by atoms with van der Waals surface area (Å²) in [6.07, 6.45) is 0.0687. The maximum absolute atomic E-state index is 12.4. The van der Waals surface area contributed by atoms with Crippen molar-refractivity contribution in [2.45, 2.75) is 30.4 Å². The number of nitrogens with one attached hydrogen (secondary N) is 1. The Kier molecular flexibility index (Phi) is 5.03. The summed E-state index contributed by atoms with van der Waals surface area (Å²) in [5.41, 5.74) is 2.16. The van der Waals surface area contributed by atoms with Gasteiger partial charge in [0.2, 0.25) is 5.91 Å². The molecule has 0 spiro atoms. The topological polar surface area (TPSA) is 49.3 Å². The van der Waals surface area contributed by atoms with Crippen molar-refractivity contribution < 1.29 is 9.90 Å². The van der Waals surface area contributed by atoms with Crippen LogP contribution < -0.4 is 5.32 Å². The quantitative estimate of drug-likeness (QED) is 0.829. The Morgan fingerprint density at radius 1 is 1.22 bits per heavy atom. The molecule has 2 N–H and O–H groups in total. The van der Waals surface area contributed by atoms with E-state index in [4.69, 9.17) is 0 Å². The molecule has 0 radical (unpaired) electrons. The molecule has 3 unspecified atom stereocenters. The van der Waals surface area contributed by atoms with E-state index in [1.54, 1.807) is 11.8 Å². The molecular weight excluding hydrogens is 306 g/mol. The highest BCUT2D eigenvalue weighted by atomic mass is 32.2. The van der Waals surface area contributed by atoms with E-state index in [2.05, 4.69) is 5.32 Å². The first-order valence-corrected chi connectivity index (χ1v) is 8.88. The van der Waals surface area contributed by atoms with Crippen molar-refractivity contribution in [3.63, 3.8) is 0 Å². The van der Waals surface area contributed by atoms with Crippen molar-refractivity contribution >= 4 is 17.7 Å². The zero-order valence-corrected chi connectivity index (χ0v) is 13.9. The second-order valence-corrected chi connectivity index (χ2v) is 7.08. The van der Waals surface area contributed by atoms with Crippen LogP contribution in [0.2, 0.25) is 0 Å². The van der Waals surface area contributed by atoms with Gasteiger partial charge in [0.05, 0.1) is 12.1 Å². The maximum Gasteiger partial charge on any atom is 0.224 e. The Bertz CT molecular complexity index is 674. The average Bonchev–Trinajstić information content (AvgIpc) is 2.89. The molecule has 23 heavy (non-hydrogen) atoms. The van der Waals surface area contributed by atoms with Gasteiger partial charge in [0, 0.05) is 23.0 Å². The van der Waals surface area contributed by atoms with Crippen LogP contribution in [0.25, 0.3) is 0 Å². The predicted molar refractivity (Wildman–Crippen MR) is 93.4 cm³/mol. The second kappa shape index (κ2) is 7.20. The molecule has 1 amide bonds. The highest BCUT2D eigenvalue weighted by Gasteiger charge is 2.32. The lowest BCUT2D eigenvalue weighted by Crippen LogP contribution is -2.37. The van der Waals surface area contributed by atoms with E-state index in [1.165, 1.54) is 4.90 Å². The number of fused-ring (bicyclic) bond motifs is 1. The van der Waals surface area contributed by atoms with E-state index in [9.17, 15) is 9.90 Å². The molecule has 0 heterocycles. The fourth-order valence-electron chi connectivity index (χ4n) is 2.86. The molecule has 0 saturated carbocycles. The first kappa shape index (κ1) is 16.1. The van der Waals surface area contributed by atoms with Gasteiger partial charge in [-0.3, -0.25) is 4.79 Å². The number of aliphatic hydroxyl groups excluding tert-OH is 1. The van der Waals surface area contributed by atoms with E-state index in [-0.39, 0.29) is 17.9 Å². The van der Waals surface area contributed by atoms with E-state index in [0.29, 0.717) is 6.42 Å². The summed E-state index contributed by atoms with van der Waals surface area (Å²) in [6.45, 7) is 1.93. The third-order valence-electron chi connectivity index (χ3n) is 4.19. The minimum atomic E-state index is -0.537. The summed E-state index contributed by atoms with van der Waals surface area (Å²) in [5, 5.41) is 13.2. The monoisotopic (exact) mass is 327 g/mol.